The lowest BCUT2D eigenvalue weighted by atomic mass is 9.93. The Kier molecular flexibility index (Phi) is 3.09. The fourth-order valence-electron chi connectivity index (χ4n) is 2.89. The van der Waals surface area contributed by atoms with E-state index < -0.39 is 8.24 Å². The molecule has 1 aliphatic rings. The highest BCUT2D eigenvalue weighted by molar-refractivity contribution is 6.79. The predicted octanol–water partition coefficient (Wildman–Crippen LogP) is 4.36. The van der Waals surface area contributed by atoms with Gasteiger partial charge >= 0.3 is 0 Å². The van der Waals surface area contributed by atoms with Gasteiger partial charge in [-0.3, -0.25) is 4.98 Å². The zero-order chi connectivity index (χ0) is 13.5. The van der Waals surface area contributed by atoms with E-state index in [-0.39, 0.29) is 0 Å². The molecule has 0 amide bonds. The van der Waals surface area contributed by atoms with Crippen molar-refractivity contribution in [3.8, 4) is 0 Å². The fraction of sp³-hybridized carbons (Fsp3) is 0.438. The van der Waals surface area contributed by atoms with Gasteiger partial charge in [0.25, 0.3) is 0 Å². The number of fused-ring (bicyclic) bond motifs is 2. The molecular weight excluding hydrogens is 248 g/mol. The lowest BCUT2D eigenvalue weighted by molar-refractivity contribution is 0.673. The number of hydrogen-bond donors (Lipinski definition) is 1. The van der Waals surface area contributed by atoms with Gasteiger partial charge in [-0.25, -0.2) is 0 Å². The molecule has 0 radical (unpaired) electrons. The Morgan fingerprint density at radius 2 is 1.79 bits per heavy atom. The summed E-state index contributed by atoms with van der Waals surface area (Å²) in [5.41, 5.74) is 5.32. The summed E-state index contributed by atoms with van der Waals surface area (Å²) in [5.74, 6) is 0. The molecule has 0 saturated carbocycles. The minimum Gasteiger partial charge on any atom is -0.410 e. The van der Waals surface area contributed by atoms with Crippen molar-refractivity contribution in [1.29, 1.82) is 0 Å². The summed E-state index contributed by atoms with van der Waals surface area (Å²) in [6.45, 7) is 7.08. The van der Waals surface area contributed by atoms with Crippen molar-refractivity contribution in [1.82, 2.24) is 4.98 Å². The SMILES string of the molecule is C[Si](C)(C)Nc1c2c(nc3ccccc13)CCCC2. The lowest BCUT2D eigenvalue weighted by Gasteiger charge is -2.27. The highest BCUT2D eigenvalue weighted by Gasteiger charge is 2.22. The number of anilines is 1. The maximum Gasteiger partial charge on any atom is 0.144 e. The summed E-state index contributed by atoms with van der Waals surface area (Å²) in [4.78, 5) is 8.73. The third-order valence-corrected chi connectivity index (χ3v) is 4.67. The number of aryl methyl sites for hydroxylation is 1. The highest BCUT2D eigenvalue weighted by Crippen LogP contribution is 2.34. The minimum atomic E-state index is -1.35. The maximum atomic E-state index is 4.88. The van der Waals surface area contributed by atoms with E-state index in [9.17, 15) is 0 Å². The van der Waals surface area contributed by atoms with Crippen LogP contribution in [-0.2, 0) is 12.8 Å². The lowest BCUT2D eigenvalue weighted by Crippen LogP contribution is -2.33. The van der Waals surface area contributed by atoms with E-state index in [1.165, 1.54) is 41.6 Å². The first-order valence-corrected chi connectivity index (χ1v) is 10.7. The highest BCUT2D eigenvalue weighted by atomic mass is 28.3. The van der Waals surface area contributed by atoms with Crippen LogP contribution in [0.1, 0.15) is 24.1 Å². The van der Waals surface area contributed by atoms with Gasteiger partial charge in [0.1, 0.15) is 8.24 Å². The van der Waals surface area contributed by atoms with Gasteiger partial charge in [0.05, 0.1) is 5.52 Å². The number of rotatable bonds is 2. The van der Waals surface area contributed by atoms with Crippen LogP contribution in [0.3, 0.4) is 0 Å². The third-order valence-electron chi connectivity index (χ3n) is 3.67. The van der Waals surface area contributed by atoms with Gasteiger partial charge in [0.15, 0.2) is 0 Å². The summed E-state index contributed by atoms with van der Waals surface area (Å²) >= 11 is 0. The molecule has 0 bridgehead atoms. The topological polar surface area (TPSA) is 24.9 Å². The average Bonchev–Trinajstić information content (AvgIpc) is 2.37. The minimum absolute atomic E-state index is 1.14. The van der Waals surface area contributed by atoms with Crippen LogP contribution in [0.4, 0.5) is 5.69 Å². The quantitative estimate of drug-likeness (QED) is 0.820. The van der Waals surface area contributed by atoms with Crippen molar-refractivity contribution in [3.63, 3.8) is 0 Å². The standard InChI is InChI=1S/C16H22N2Si/c1-19(2,3)18-16-12-8-4-6-10-14(12)17-15-11-7-5-9-13(15)16/h4,6,8,10H,5,7,9,11H2,1-3H3,(H,17,18). The zero-order valence-electron chi connectivity index (χ0n) is 12.1. The van der Waals surface area contributed by atoms with Crippen LogP contribution in [0, 0.1) is 0 Å². The molecule has 1 aromatic carbocycles. The van der Waals surface area contributed by atoms with Crippen molar-refractivity contribution >= 4 is 24.8 Å². The molecule has 1 heterocycles. The average molecular weight is 270 g/mol. The Morgan fingerprint density at radius 1 is 1.05 bits per heavy atom. The van der Waals surface area contributed by atoms with Crippen molar-refractivity contribution in [3.05, 3.63) is 35.5 Å². The molecule has 3 rings (SSSR count). The van der Waals surface area contributed by atoms with Crippen LogP contribution in [0.15, 0.2) is 24.3 Å². The van der Waals surface area contributed by atoms with E-state index in [1.807, 2.05) is 0 Å². The van der Waals surface area contributed by atoms with Crippen LogP contribution in [-0.4, -0.2) is 13.2 Å². The van der Waals surface area contributed by atoms with Gasteiger partial charge in [-0.15, -0.1) is 0 Å². The van der Waals surface area contributed by atoms with Gasteiger partial charge in [-0.1, -0.05) is 37.8 Å². The van der Waals surface area contributed by atoms with E-state index in [1.54, 1.807) is 0 Å². The Hall–Kier alpha value is -1.35. The van der Waals surface area contributed by atoms with Crippen molar-refractivity contribution in [2.24, 2.45) is 0 Å². The number of hydrogen-bond acceptors (Lipinski definition) is 2. The molecule has 1 aromatic heterocycles. The second-order valence-corrected chi connectivity index (χ2v) is 11.3. The molecule has 100 valence electrons. The molecule has 3 heteroatoms. The summed E-state index contributed by atoms with van der Waals surface area (Å²) in [6, 6.07) is 8.55. The summed E-state index contributed by atoms with van der Waals surface area (Å²) in [5, 5.41) is 1.30. The summed E-state index contributed by atoms with van der Waals surface area (Å²) in [6.07, 6.45) is 4.90. The largest absolute Gasteiger partial charge is 0.410 e. The van der Waals surface area contributed by atoms with Crippen LogP contribution < -0.4 is 4.98 Å². The van der Waals surface area contributed by atoms with Gasteiger partial charge < -0.3 is 4.98 Å². The van der Waals surface area contributed by atoms with Crippen LogP contribution >= 0.6 is 0 Å². The second kappa shape index (κ2) is 4.64. The van der Waals surface area contributed by atoms with Gasteiger partial charge in [0, 0.05) is 16.8 Å². The van der Waals surface area contributed by atoms with E-state index in [2.05, 4.69) is 48.9 Å². The first-order valence-electron chi connectivity index (χ1n) is 7.23. The zero-order valence-corrected chi connectivity index (χ0v) is 13.1. The molecule has 2 aromatic rings. The van der Waals surface area contributed by atoms with Gasteiger partial charge in [0.2, 0.25) is 0 Å². The molecule has 1 aliphatic carbocycles. The molecule has 1 N–H and O–H groups in total. The smallest absolute Gasteiger partial charge is 0.144 e. The Labute approximate surface area is 116 Å². The summed E-state index contributed by atoms with van der Waals surface area (Å²) in [7, 11) is -1.35. The van der Waals surface area contributed by atoms with Gasteiger partial charge in [-0.2, -0.15) is 0 Å². The number of benzene rings is 1. The fourth-order valence-corrected chi connectivity index (χ4v) is 3.93. The number of para-hydroxylation sites is 1. The molecule has 0 atom stereocenters. The van der Waals surface area contributed by atoms with E-state index >= 15 is 0 Å². The van der Waals surface area contributed by atoms with E-state index in [0.717, 1.165) is 11.9 Å². The molecule has 0 unspecified atom stereocenters. The van der Waals surface area contributed by atoms with E-state index in [4.69, 9.17) is 4.98 Å². The number of nitrogens with zero attached hydrogens (tertiary/aromatic N) is 1. The first kappa shape index (κ1) is 12.7. The Bertz CT molecular complexity index is 614. The Balaban J connectivity index is 2.25. The van der Waals surface area contributed by atoms with Crippen molar-refractivity contribution < 1.29 is 0 Å². The normalized spacial score (nSPS) is 15.3. The monoisotopic (exact) mass is 270 g/mol. The van der Waals surface area contributed by atoms with Crippen LogP contribution in [0.5, 0.6) is 0 Å². The maximum absolute atomic E-state index is 4.88. The molecular formula is C16H22N2Si. The van der Waals surface area contributed by atoms with Crippen LogP contribution in [0.25, 0.3) is 10.9 Å². The first-order chi connectivity index (χ1) is 9.04. The molecule has 0 fully saturated rings. The van der Waals surface area contributed by atoms with E-state index in [0.29, 0.717) is 0 Å². The Morgan fingerprint density at radius 3 is 2.58 bits per heavy atom. The second-order valence-electron chi connectivity index (χ2n) is 6.51. The molecule has 0 saturated heterocycles. The third kappa shape index (κ3) is 2.52. The number of aromatic nitrogens is 1. The molecule has 0 spiro atoms. The predicted molar refractivity (Wildman–Crippen MR) is 85.4 cm³/mol. The molecule has 0 aliphatic heterocycles. The van der Waals surface area contributed by atoms with Crippen LogP contribution in [0.2, 0.25) is 19.6 Å². The summed E-state index contributed by atoms with van der Waals surface area (Å²) < 4.78 is 0. The van der Waals surface area contributed by atoms with Gasteiger partial charge in [-0.05, 0) is 37.3 Å². The number of pyridine rings is 1. The van der Waals surface area contributed by atoms with Crippen molar-refractivity contribution in [2.45, 2.75) is 45.3 Å². The number of nitrogens with one attached hydrogen (secondary N) is 1. The van der Waals surface area contributed by atoms with Crippen molar-refractivity contribution in [2.75, 3.05) is 4.98 Å². The molecule has 2 nitrogen and oxygen atoms in total. The molecule has 19 heavy (non-hydrogen) atoms.